The summed E-state index contributed by atoms with van der Waals surface area (Å²) in [6.45, 7) is 4.23. The standard InChI is InChI=1S/C20H25N3O3/c1-14(2)22-20(25)23-17-9-7-15(8-10-17)13-21-19(24)12-16-5-4-6-18(11-16)26-3/h4-11,14H,12-13H2,1-3H3,(H,21,24)(H2,22,23,25). The molecule has 2 aromatic rings. The third-order valence-electron chi connectivity index (χ3n) is 3.62. The molecule has 0 saturated carbocycles. The van der Waals surface area contributed by atoms with Crippen LogP contribution < -0.4 is 20.7 Å². The van der Waals surface area contributed by atoms with Gasteiger partial charge in [-0.15, -0.1) is 0 Å². The lowest BCUT2D eigenvalue weighted by molar-refractivity contribution is -0.120. The number of methoxy groups -OCH3 is 1. The second-order valence-electron chi connectivity index (χ2n) is 6.26. The zero-order valence-corrected chi connectivity index (χ0v) is 15.3. The number of hydrogen-bond acceptors (Lipinski definition) is 3. The fraction of sp³-hybridized carbons (Fsp3) is 0.300. The lowest BCUT2D eigenvalue weighted by Crippen LogP contribution is -2.34. The second-order valence-corrected chi connectivity index (χ2v) is 6.26. The third-order valence-corrected chi connectivity index (χ3v) is 3.62. The van der Waals surface area contributed by atoms with Gasteiger partial charge in [0.1, 0.15) is 5.75 Å². The minimum absolute atomic E-state index is 0.0586. The zero-order chi connectivity index (χ0) is 18.9. The number of ether oxygens (including phenoxy) is 1. The fourth-order valence-electron chi connectivity index (χ4n) is 2.37. The Morgan fingerprint density at radius 2 is 1.77 bits per heavy atom. The summed E-state index contributed by atoms with van der Waals surface area (Å²) < 4.78 is 5.16. The number of anilines is 1. The summed E-state index contributed by atoms with van der Waals surface area (Å²) in [5.41, 5.74) is 2.56. The number of benzene rings is 2. The molecule has 2 rings (SSSR count). The van der Waals surface area contributed by atoms with Crippen molar-refractivity contribution in [2.45, 2.75) is 32.9 Å². The topological polar surface area (TPSA) is 79.5 Å². The van der Waals surface area contributed by atoms with Crippen LogP contribution in [0, 0.1) is 0 Å². The second kappa shape index (κ2) is 9.46. The van der Waals surface area contributed by atoms with Crippen LogP contribution in [0.4, 0.5) is 10.5 Å². The van der Waals surface area contributed by atoms with Crippen LogP contribution in [0.1, 0.15) is 25.0 Å². The molecule has 0 heterocycles. The van der Waals surface area contributed by atoms with E-state index >= 15 is 0 Å². The minimum atomic E-state index is -0.237. The highest BCUT2D eigenvalue weighted by Gasteiger charge is 2.06. The lowest BCUT2D eigenvalue weighted by Gasteiger charge is -2.11. The van der Waals surface area contributed by atoms with Gasteiger partial charge in [-0.3, -0.25) is 4.79 Å². The summed E-state index contributed by atoms with van der Waals surface area (Å²) in [4.78, 5) is 23.7. The minimum Gasteiger partial charge on any atom is -0.497 e. The molecule has 0 atom stereocenters. The highest BCUT2D eigenvalue weighted by molar-refractivity contribution is 5.89. The van der Waals surface area contributed by atoms with Crippen LogP contribution in [-0.2, 0) is 17.8 Å². The van der Waals surface area contributed by atoms with E-state index in [0.29, 0.717) is 18.7 Å². The maximum absolute atomic E-state index is 12.1. The number of rotatable bonds is 7. The van der Waals surface area contributed by atoms with Crippen molar-refractivity contribution in [3.63, 3.8) is 0 Å². The Morgan fingerprint density at radius 1 is 1.04 bits per heavy atom. The van der Waals surface area contributed by atoms with Crippen molar-refractivity contribution < 1.29 is 14.3 Å². The van der Waals surface area contributed by atoms with Gasteiger partial charge in [-0.25, -0.2) is 4.79 Å². The maximum Gasteiger partial charge on any atom is 0.319 e. The van der Waals surface area contributed by atoms with Gasteiger partial charge in [0, 0.05) is 18.3 Å². The summed E-state index contributed by atoms with van der Waals surface area (Å²) in [5.74, 6) is 0.677. The van der Waals surface area contributed by atoms with E-state index in [0.717, 1.165) is 16.9 Å². The van der Waals surface area contributed by atoms with Crippen molar-refractivity contribution in [1.29, 1.82) is 0 Å². The van der Waals surface area contributed by atoms with E-state index in [2.05, 4.69) is 16.0 Å². The van der Waals surface area contributed by atoms with Crippen LogP contribution in [0.3, 0.4) is 0 Å². The molecule has 6 heteroatoms. The summed E-state index contributed by atoms with van der Waals surface area (Å²) in [7, 11) is 1.60. The Balaban J connectivity index is 1.81. The van der Waals surface area contributed by atoms with Gasteiger partial charge in [0.25, 0.3) is 0 Å². The molecule has 2 aromatic carbocycles. The molecule has 0 radical (unpaired) electrons. The average Bonchev–Trinajstić information content (AvgIpc) is 2.60. The van der Waals surface area contributed by atoms with Gasteiger partial charge >= 0.3 is 6.03 Å². The van der Waals surface area contributed by atoms with Gasteiger partial charge in [0.2, 0.25) is 5.91 Å². The maximum atomic E-state index is 12.1. The van der Waals surface area contributed by atoms with Gasteiger partial charge in [0.05, 0.1) is 13.5 Å². The molecule has 0 spiro atoms. The van der Waals surface area contributed by atoms with Crippen LogP contribution in [-0.4, -0.2) is 25.1 Å². The molecule has 138 valence electrons. The monoisotopic (exact) mass is 355 g/mol. The molecule has 0 aliphatic carbocycles. The van der Waals surface area contributed by atoms with E-state index in [1.807, 2.05) is 62.4 Å². The predicted molar refractivity (Wildman–Crippen MR) is 102 cm³/mol. The van der Waals surface area contributed by atoms with Crippen molar-refractivity contribution in [3.05, 3.63) is 59.7 Å². The summed E-state index contributed by atoms with van der Waals surface area (Å²) in [5, 5.41) is 8.41. The van der Waals surface area contributed by atoms with Crippen LogP contribution in [0.25, 0.3) is 0 Å². The predicted octanol–water partition coefficient (Wildman–Crippen LogP) is 3.08. The van der Waals surface area contributed by atoms with Gasteiger partial charge in [-0.05, 0) is 49.2 Å². The molecule has 26 heavy (non-hydrogen) atoms. The fourth-order valence-corrected chi connectivity index (χ4v) is 2.37. The number of hydrogen-bond donors (Lipinski definition) is 3. The SMILES string of the molecule is COc1cccc(CC(=O)NCc2ccc(NC(=O)NC(C)C)cc2)c1. The highest BCUT2D eigenvalue weighted by Crippen LogP contribution is 2.13. The van der Waals surface area contributed by atoms with E-state index in [1.54, 1.807) is 7.11 Å². The normalized spacial score (nSPS) is 10.3. The molecular weight excluding hydrogens is 330 g/mol. The number of amides is 3. The Kier molecular flexibility index (Phi) is 7.02. The molecule has 0 saturated heterocycles. The van der Waals surface area contributed by atoms with Gasteiger partial charge in [-0.1, -0.05) is 24.3 Å². The summed E-state index contributed by atoms with van der Waals surface area (Å²) >= 11 is 0. The molecule has 6 nitrogen and oxygen atoms in total. The van der Waals surface area contributed by atoms with Crippen LogP contribution in [0.15, 0.2) is 48.5 Å². The van der Waals surface area contributed by atoms with Crippen molar-refractivity contribution in [1.82, 2.24) is 10.6 Å². The summed E-state index contributed by atoms with van der Waals surface area (Å²) in [6.07, 6.45) is 0.298. The Bertz CT molecular complexity index is 742. The Labute approximate surface area is 153 Å². The van der Waals surface area contributed by atoms with Crippen LogP contribution >= 0.6 is 0 Å². The average molecular weight is 355 g/mol. The smallest absolute Gasteiger partial charge is 0.319 e. The number of carbonyl (C=O) groups is 2. The number of carbonyl (C=O) groups excluding carboxylic acids is 2. The van der Waals surface area contributed by atoms with Gasteiger partial charge in [0.15, 0.2) is 0 Å². The quantitative estimate of drug-likeness (QED) is 0.714. The molecule has 0 bridgehead atoms. The summed E-state index contributed by atoms with van der Waals surface area (Å²) in [6, 6.07) is 14.7. The van der Waals surface area contributed by atoms with Crippen molar-refractivity contribution >= 4 is 17.6 Å². The van der Waals surface area contributed by atoms with E-state index in [-0.39, 0.29) is 18.0 Å². The van der Waals surface area contributed by atoms with E-state index in [4.69, 9.17) is 4.74 Å². The highest BCUT2D eigenvalue weighted by atomic mass is 16.5. The lowest BCUT2D eigenvalue weighted by atomic mass is 10.1. The van der Waals surface area contributed by atoms with Gasteiger partial charge in [-0.2, -0.15) is 0 Å². The van der Waals surface area contributed by atoms with Crippen LogP contribution in [0.2, 0.25) is 0 Å². The number of nitrogens with one attached hydrogen (secondary N) is 3. The first-order valence-corrected chi connectivity index (χ1v) is 8.52. The zero-order valence-electron chi connectivity index (χ0n) is 15.3. The molecule has 0 unspecified atom stereocenters. The van der Waals surface area contributed by atoms with Crippen molar-refractivity contribution in [2.75, 3.05) is 12.4 Å². The van der Waals surface area contributed by atoms with E-state index in [1.165, 1.54) is 0 Å². The molecule has 0 aliphatic rings. The van der Waals surface area contributed by atoms with Gasteiger partial charge < -0.3 is 20.7 Å². The Hall–Kier alpha value is -3.02. The largest absolute Gasteiger partial charge is 0.497 e. The number of urea groups is 1. The third kappa shape index (κ3) is 6.47. The first kappa shape index (κ1) is 19.3. The molecule has 3 amide bonds. The van der Waals surface area contributed by atoms with Crippen LogP contribution in [0.5, 0.6) is 5.75 Å². The molecule has 0 aliphatic heterocycles. The molecular formula is C20H25N3O3. The van der Waals surface area contributed by atoms with E-state index in [9.17, 15) is 9.59 Å². The first-order valence-electron chi connectivity index (χ1n) is 8.52. The molecule has 0 fully saturated rings. The van der Waals surface area contributed by atoms with E-state index < -0.39 is 0 Å². The van der Waals surface area contributed by atoms with Crippen molar-refractivity contribution in [3.8, 4) is 5.75 Å². The Morgan fingerprint density at radius 3 is 2.42 bits per heavy atom. The molecule has 0 aromatic heterocycles. The first-order chi connectivity index (χ1) is 12.5. The van der Waals surface area contributed by atoms with Crippen molar-refractivity contribution in [2.24, 2.45) is 0 Å². The molecule has 3 N–H and O–H groups in total.